The van der Waals surface area contributed by atoms with E-state index < -0.39 is 10.4 Å². The normalized spacial score (nSPS) is 20.4. The molecule has 29 heavy (non-hydrogen) atoms. The van der Waals surface area contributed by atoms with E-state index in [1.54, 1.807) is 31.4 Å². The van der Waals surface area contributed by atoms with Crippen molar-refractivity contribution < 1.29 is 13.4 Å². The Morgan fingerprint density at radius 2 is 1.79 bits per heavy atom. The molecule has 154 valence electrons. The second-order valence-corrected chi connectivity index (χ2v) is 9.48. The molecule has 3 rings (SSSR count). The van der Waals surface area contributed by atoms with E-state index in [9.17, 15) is 4.79 Å². The first-order valence-corrected chi connectivity index (χ1v) is 11.3. The van der Waals surface area contributed by atoms with Gasteiger partial charge < -0.3 is 4.74 Å². The Morgan fingerprint density at radius 3 is 2.38 bits per heavy atom. The number of amidine groups is 1. The molecule has 1 aliphatic rings. The van der Waals surface area contributed by atoms with Crippen LogP contribution in [0.2, 0.25) is 0 Å². The lowest BCUT2D eigenvalue weighted by molar-refractivity contribution is 0.0977. The highest BCUT2D eigenvalue weighted by molar-refractivity contribution is 8.52. The summed E-state index contributed by atoms with van der Waals surface area (Å²) in [5.74, 6) is 0.674. The number of hydrogen-bond donors (Lipinski definition) is 1. The highest BCUT2D eigenvalue weighted by Gasteiger charge is 2.42. The number of amides is 1. The minimum Gasteiger partial charge on any atom is -0.496 e. The number of methoxy groups -OCH3 is 1. The summed E-state index contributed by atoms with van der Waals surface area (Å²) < 4.78 is 21.8. The zero-order chi connectivity index (χ0) is 21.0. The summed E-state index contributed by atoms with van der Waals surface area (Å²) in [6.45, 7) is 5.85. The number of rotatable bonds is 6. The predicted molar refractivity (Wildman–Crippen MR) is 119 cm³/mol. The number of nitrogens with zero attached hydrogens (tertiary/aromatic N) is 2. The van der Waals surface area contributed by atoms with Gasteiger partial charge in [-0.2, -0.15) is 3.89 Å². The average Bonchev–Trinajstić information content (AvgIpc) is 3.03. The van der Waals surface area contributed by atoms with Gasteiger partial charge >= 0.3 is 0 Å². The van der Waals surface area contributed by atoms with Gasteiger partial charge in [0.05, 0.1) is 7.11 Å². The second kappa shape index (κ2) is 8.78. The van der Waals surface area contributed by atoms with Crippen LogP contribution < -0.4 is 10.1 Å². The molecule has 0 radical (unpaired) electrons. The zero-order valence-electron chi connectivity index (χ0n) is 17.2. The summed E-state index contributed by atoms with van der Waals surface area (Å²) in [4.78, 5) is 12.6. The quantitative estimate of drug-likeness (QED) is 0.699. The molecule has 0 bridgehead atoms. The second-order valence-electron chi connectivity index (χ2n) is 6.99. The SMILES string of the molecule is CCCCS1(F)C(NC(=O)c2ccccc2)=NN=C1c1cc(C)c(OC)c(C)c1. The summed E-state index contributed by atoms with van der Waals surface area (Å²) in [5.41, 5.74) is 2.95. The lowest BCUT2D eigenvalue weighted by Gasteiger charge is -2.29. The smallest absolute Gasteiger partial charge is 0.257 e. The number of aryl methyl sites for hydroxylation is 2. The number of carbonyl (C=O) groups is 1. The number of ether oxygens (including phenoxy) is 1. The minimum atomic E-state index is -3.03. The van der Waals surface area contributed by atoms with Crippen molar-refractivity contribution in [3.05, 3.63) is 64.7 Å². The number of halogens is 1. The van der Waals surface area contributed by atoms with Crippen LogP contribution in [-0.4, -0.2) is 29.0 Å². The zero-order valence-corrected chi connectivity index (χ0v) is 18.0. The van der Waals surface area contributed by atoms with E-state index in [1.807, 2.05) is 39.0 Å². The van der Waals surface area contributed by atoms with Crippen molar-refractivity contribution in [1.82, 2.24) is 5.32 Å². The van der Waals surface area contributed by atoms with Crippen LogP contribution in [0.25, 0.3) is 0 Å². The molecule has 0 aliphatic carbocycles. The first-order chi connectivity index (χ1) is 13.9. The largest absolute Gasteiger partial charge is 0.496 e. The number of benzene rings is 2. The third-order valence-electron chi connectivity index (χ3n) is 4.79. The number of hydrogen-bond acceptors (Lipinski definition) is 4. The lowest BCUT2D eigenvalue weighted by Crippen LogP contribution is -2.34. The van der Waals surface area contributed by atoms with Crippen LogP contribution in [0, 0.1) is 13.8 Å². The van der Waals surface area contributed by atoms with Crippen LogP contribution in [0.1, 0.15) is 46.8 Å². The van der Waals surface area contributed by atoms with Gasteiger partial charge in [0.25, 0.3) is 5.91 Å². The van der Waals surface area contributed by atoms with Crippen LogP contribution in [0.4, 0.5) is 3.89 Å². The standard InChI is InChI=1S/C22H26FN3O2S/c1-5-6-12-29(23)21(18-13-15(2)19(28-4)16(3)14-18)25-26-22(29)24-20(27)17-10-8-7-9-11-17/h7-11,13-14H,5-6,12H2,1-4H3,(H,24,26,27). The molecule has 5 nitrogen and oxygen atoms in total. The molecule has 0 saturated heterocycles. The van der Waals surface area contributed by atoms with Crippen LogP contribution in [0.3, 0.4) is 0 Å². The maximum Gasteiger partial charge on any atom is 0.257 e. The van der Waals surface area contributed by atoms with Crippen molar-refractivity contribution in [2.45, 2.75) is 33.6 Å². The van der Waals surface area contributed by atoms with E-state index in [0.717, 1.165) is 23.3 Å². The topological polar surface area (TPSA) is 63.0 Å². The molecule has 0 spiro atoms. The Morgan fingerprint density at radius 1 is 1.14 bits per heavy atom. The van der Waals surface area contributed by atoms with Crippen molar-refractivity contribution in [3.8, 4) is 5.75 Å². The number of nitrogens with one attached hydrogen (secondary N) is 1. The van der Waals surface area contributed by atoms with Crippen molar-refractivity contribution >= 4 is 26.5 Å². The molecule has 0 aromatic heterocycles. The van der Waals surface area contributed by atoms with Gasteiger partial charge in [-0.3, -0.25) is 10.1 Å². The molecule has 1 aliphatic heterocycles. The van der Waals surface area contributed by atoms with Crippen LogP contribution in [-0.2, 0) is 0 Å². The maximum atomic E-state index is 16.4. The molecular weight excluding hydrogens is 389 g/mol. The van der Waals surface area contributed by atoms with Gasteiger partial charge in [-0.1, -0.05) is 31.5 Å². The Hall–Kier alpha value is -2.67. The van der Waals surface area contributed by atoms with Gasteiger partial charge in [-0.25, -0.2) is 0 Å². The highest BCUT2D eigenvalue weighted by Crippen LogP contribution is 2.57. The van der Waals surface area contributed by atoms with Gasteiger partial charge in [0.15, 0.2) is 0 Å². The Bertz CT molecular complexity index is 952. The molecule has 1 atom stereocenters. The first kappa shape index (κ1) is 21.0. The molecule has 2 aromatic carbocycles. The minimum absolute atomic E-state index is 0.0286. The number of unbranched alkanes of at least 4 members (excludes halogenated alkanes) is 1. The van der Waals surface area contributed by atoms with Crippen molar-refractivity contribution in [1.29, 1.82) is 0 Å². The molecule has 2 aromatic rings. The molecule has 0 saturated carbocycles. The van der Waals surface area contributed by atoms with E-state index in [0.29, 0.717) is 22.6 Å². The number of carbonyl (C=O) groups excluding carboxylic acids is 1. The third-order valence-corrected chi connectivity index (χ3v) is 7.37. The van der Waals surface area contributed by atoms with Crippen LogP contribution in [0.15, 0.2) is 52.7 Å². The van der Waals surface area contributed by atoms with Gasteiger partial charge in [0.1, 0.15) is 10.8 Å². The summed E-state index contributed by atoms with van der Waals surface area (Å²) in [6, 6.07) is 12.5. The predicted octanol–water partition coefficient (Wildman–Crippen LogP) is 5.26. The fourth-order valence-corrected chi connectivity index (χ4v) is 5.70. The molecule has 1 N–H and O–H groups in total. The van der Waals surface area contributed by atoms with Crippen molar-refractivity contribution in [3.63, 3.8) is 0 Å². The summed E-state index contributed by atoms with van der Waals surface area (Å²) in [5, 5.41) is 11.3. The van der Waals surface area contributed by atoms with Gasteiger partial charge in [-0.15, -0.1) is 10.2 Å². The van der Waals surface area contributed by atoms with Gasteiger partial charge in [-0.05, 0) is 55.7 Å². The lowest BCUT2D eigenvalue weighted by atomic mass is 10.1. The molecular formula is C22H26FN3O2S. The molecule has 1 heterocycles. The van der Waals surface area contributed by atoms with E-state index in [2.05, 4.69) is 15.5 Å². The molecule has 1 unspecified atom stereocenters. The Kier molecular flexibility index (Phi) is 6.37. The van der Waals surface area contributed by atoms with E-state index in [-0.39, 0.29) is 16.8 Å². The van der Waals surface area contributed by atoms with E-state index in [1.165, 1.54) is 0 Å². The summed E-state index contributed by atoms with van der Waals surface area (Å²) in [6.07, 6.45) is 1.52. The van der Waals surface area contributed by atoms with Crippen molar-refractivity contribution in [2.24, 2.45) is 10.2 Å². The summed E-state index contributed by atoms with van der Waals surface area (Å²) >= 11 is 0. The summed E-state index contributed by atoms with van der Waals surface area (Å²) in [7, 11) is -1.41. The fourth-order valence-electron chi connectivity index (χ4n) is 3.35. The monoisotopic (exact) mass is 415 g/mol. The molecule has 7 heteroatoms. The Labute approximate surface area is 172 Å². The molecule has 0 fully saturated rings. The third kappa shape index (κ3) is 4.19. The van der Waals surface area contributed by atoms with Gasteiger partial charge in [0, 0.05) is 27.3 Å². The average molecular weight is 416 g/mol. The fraction of sp³-hybridized carbons (Fsp3) is 0.318. The van der Waals surface area contributed by atoms with Gasteiger partial charge in [0.2, 0.25) is 5.17 Å². The first-order valence-electron chi connectivity index (χ1n) is 9.59. The van der Waals surface area contributed by atoms with E-state index in [4.69, 9.17) is 4.74 Å². The molecule has 1 amide bonds. The highest BCUT2D eigenvalue weighted by atomic mass is 32.3. The van der Waals surface area contributed by atoms with Crippen LogP contribution >= 0.6 is 10.4 Å². The Balaban J connectivity index is 1.93. The van der Waals surface area contributed by atoms with Crippen molar-refractivity contribution in [2.75, 3.05) is 12.9 Å². The maximum absolute atomic E-state index is 16.4. The van der Waals surface area contributed by atoms with E-state index >= 15 is 3.89 Å². The van der Waals surface area contributed by atoms with Crippen LogP contribution in [0.5, 0.6) is 5.75 Å².